The number of hydrogen-bond acceptors (Lipinski definition) is 2. The van der Waals surface area contributed by atoms with E-state index in [1.165, 1.54) is 0 Å². The smallest absolute Gasteiger partial charge is 1.00 e. The van der Waals surface area contributed by atoms with Gasteiger partial charge in [0.25, 0.3) is 0 Å². The van der Waals surface area contributed by atoms with Gasteiger partial charge in [0.2, 0.25) is 16.1 Å². The fraction of sp³-hybridized carbons (Fsp3) is 0.667. The minimum atomic E-state index is -1.60. The Hall–Kier alpha value is 1.87. The monoisotopic (exact) mass is 413 g/mol. The standard InChI is InChI=1S/C3H4ClNO2S.4ClH.Sn/c4-8(7)5-2-1-3(5)6;;;;;/h1-2H2;4*1H;/q;;;;;+4/p-4. The van der Waals surface area contributed by atoms with Crippen LogP contribution in [0.4, 0.5) is 0 Å². The molecule has 1 rings (SSSR count). The molecular weight excluding hydrogens is 410 g/mol. The quantitative estimate of drug-likeness (QED) is 0.243. The zero-order valence-corrected chi connectivity index (χ0v) is 13.4. The first-order chi connectivity index (χ1) is 3.72. The van der Waals surface area contributed by atoms with Gasteiger partial charge in [-0.2, -0.15) is 0 Å². The Morgan fingerprint density at radius 3 is 1.62 bits per heavy atom. The molecule has 0 N–H and O–H groups in total. The van der Waals surface area contributed by atoms with Crippen LogP contribution in [-0.2, 0) is 15.0 Å². The average molecular weight is 414 g/mol. The molecule has 0 aromatic rings. The Kier molecular flexibility index (Phi) is 31.3. The molecule has 0 aliphatic carbocycles. The maximum atomic E-state index is 10.3. The van der Waals surface area contributed by atoms with Crippen LogP contribution in [0.2, 0.25) is 0 Å². The second-order valence-electron chi connectivity index (χ2n) is 1.45. The number of nitrogens with zero attached hydrogens (tertiary/aromatic N) is 1. The van der Waals surface area contributed by atoms with Crippen molar-refractivity contribution in [3.8, 4) is 0 Å². The summed E-state index contributed by atoms with van der Waals surface area (Å²) in [5, 5.41) is 0. The molecule has 1 fully saturated rings. The molecule has 1 saturated heterocycles. The van der Waals surface area contributed by atoms with Crippen LogP contribution in [0, 0.1) is 0 Å². The molecule has 0 spiro atoms. The number of carbonyl (C=O) groups excluding carboxylic acids is 1. The molecule has 78 valence electrons. The zero-order chi connectivity index (χ0) is 6.15. The van der Waals surface area contributed by atoms with Crippen LogP contribution in [0.5, 0.6) is 0 Å². The summed E-state index contributed by atoms with van der Waals surface area (Å²) in [6, 6.07) is 0. The average Bonchev–Trinajstić information content (AvgIpc) is 1.61. The Morgan fingerprint density at radius 2 is 1.62 bits per heavy atom. The van der Waals surface area contributed by atoms with Gasteiger partial charge in [0, 0.05) is 23.6 Å². The third-order valence-electron chi connectivity index (χ3n) is 0.980. The van der Waals surface area contributed by atoms with Gasteiger partial charge in [-0.15, -0.1) is 0 Å². The summed E-state index contributed by atoms with van der Waals surface area (Å²) in [4.78, 5) is 10.3. The number of carbonyl (C=O) groups is 1. The van der Waals surface area contributed by atoms with E-state index in [1.54, 1.807) is 0 Å². The van der Waals surface area contributed by atoms with Crippen molar-refractivity contribution >= 4 is 50.7 Å². The molecule has 1 amide bonds. The third-order valence-corrected chi connectivity index (χ3v) is 2.21. The number of hydrogen-bond donors (Lipinski definition) is 0. The Labute approximate surface area is 125 Å². The maximum Gasteiger partial charge on any atom is 4.00 e. The second kappa shape index (κ2) is 13.9. The van der Waals surface area contributed by atoms with Crippen LogP contribution in [-0.4, -0.2) is 44.9 Å². The predicted molar refractivity (Wildman–Crippen MR) is 36.1 cm³/mol. The molecule has 0 bridgehead atoms. The van der Waals surface area contributed by atoms with E-state index in [1.807, 2.05) is 0 Å². The molecule has 0 aromatic heterocycles. The molecule has 1 heterocycles. The van der Waals surface area contributed by atoms with Gasteiger partial charge in [0.15, 0.2) is 0 Å². The summed E-state index contributed by atoms with van der Waals surface area (Å²) in [6.45, 7) is 0.537. The molecule has 0 saturated carbocycles. The normalized spacial score (nSPS) is 13.9. The second-order valence-corrected chi connectivity index (χ2v) is 3.10. The van der Waals surface area contributed by atoms with E-state index in [2.05, 4.69) is 0 Å². The van der Waals surface area contributed by atoms with Crippen molar-refractivity contribution in [3.63, 3.8) is 0 Å². The van der Waals surface area contributed by atoms with Crippen molar-refractivity contribution in [2.45, 2.75) is 6.42 Å². The van der Waals surface area contributed by atoms with Gasteiger partial charge < -0.3 is 49.6 Å². The molecule has 0 aromatic carbocycles. The van der Waals surface area contributed by atoms with Crippen LogP contribution < -0.4 is 49.6 Å². The van der Waals surface area contributed by atoms with E-state index in [-0.39, 0.29) is 79.4 Å². The van der Waals surface area contributed by atoms with Crippen molar-refractivity contribution in [2.24, 2.45) is 0 Å². The number of amides is 1. The number of halogens is 5. The van der Waals surface area contributed by atoms with Crippen LogP contribution in [0.15, 0.2) is 0 Å². The maximum absolute atomic E-state index is 10.3. The van der Waals surface area contributed by atoms with E-state index >= 15 is 0 Å². The molecule has 13 heavy (non-hydrogen) atoms. The predicted octanol–water partition coefficient (Wildman–Crippen LogP) is -12.3. The Balaban J connectivity index is -0.0000000427. The molecular formula is C3H4Cl5NO2SSn. The van der Waals surface area contributed by atoms with Crippen LogP contribution >= 0.6 is 10.7 Å². The van der Waals surface area contributed by atoms with E-state index in [0.717, 1.165) is 4.31 Å². The fourth-order valence-corrected chi connectivity index (χ4v) is 1.37. The van der Waals surface area contributed by atoms with Gasteiger partial charge in [-0.25, -0.2) is 8.51 Å². The summed E-state index contributed by atoms with van der Waals surface area (Å²) >= 11 is 0. The van der Waals surface area contributed by atoms with Crippen LogP contribution in [0.1, 0.15) is 6.42 Å². The number of rotatable bonds is 1. The van der Waals surface area contributed by atoms with Crippen LogP contribution in [0.25, 0.3) is 0 Å². The van der Waals surface area contributed by atoms with E-state index in [9.17, 15) is 9.00 Å². The van der Waals surface area contributed by atoms with Crippen molar-refractivity contribution < 1.29 is 58.6 Å². The third kappa shape index (κ3) is 8.84. The fourth-order valence-electron chi connectivity index (χ4n) is 0.446. The van der Waals surface area contributed by atoms with Gasteiger partial charge >= 0.3 is 23.9 Å². The summed E-state index contributed by atoms with van der Waals surface area (Å²) in [5.41, 5.74) is 0. The van der Waals surface area contributed by atoms with Gasteiger partial charge in [-0.1, -0.05) is 0 Å². The van der Waals surface area contributed by atoms with Crippen LogP contribution in [0.3, 0.4) is 0 Å². The molecule has 1 aliphatic heterocycles. The summed E-state index contributed by atoms with van der Waals surface area (Å²) in [7, 11) is 3.45. The Bertz CT molecular complexity index is 153. The summed E-state index contributed by atoms with van der Waals surface area (Å²) in [6.07, 6.45) is 0.485. The van der Waals surface area contributed by atoms with E-state index in [4.69, 9.17) is 10.7 Å². The van der Waals surface area contributed by atoms with Crippen molar-refractivity contribution in [3.05, 3.63) is 0 Å². The van der Waals surface area contributed by atoms with Gasteiger partial charge in [-0.05, 0) is 0 Å². The first kappa shape index (κ1) is 29.4. The molecule has 1 atom stereocenters. The summed E-state index contributed by atoms with van der Waals surface area (Å²) in [5.74, 6) is -0.127. The first-order valence-electron chi connectivity index (χ1n) is 2.10. The molecule has 1 unspecified atom stereocenters. The van der Waals surface area contributed by atoms with Gasteiger partial charge in [-0.3, -0.25) is 4.79 Å². The van der Waals surface area contributed by atoms with Gasteiger partial charge in [0.1, 0.15) is 0 Å². The SMILES string of the molecule is O=C1CCN1S(=O)Cl.[Cl-].[Cl-].[Cl-].[Cl-].[Sn+4]. The molecule has 1 aliphatic rings. The molecule has 3 nitrogen and oxygen atoms in total. The van der Waals surface area contributed by atoms with E-state index in [0.29, 0.717) is 13.0 Å². The Morgan fingerprint density at radius 1 is 1.23 bits per heavy atom. The molecule has 0 radical (unpaired) electrons. The van der Waals surface area contributed by atoms with E-state index < -0.39 is 10.2 Å². The largest absolute Gasteiger partial charge is 4.00 e. The van der Waals surface area contributed by atoms with Crippen molar-refractivity contribution in [1.82, 2.24) is 4.31 Å². The molecule has 10 heteroatoms. The minimum Gasteiger partial charge on any atom is -1.00 e. The van der Waals surface area contributed by atoms with Gasteiger partial charge in [0.05, 0.1) is 0 Å². The van der Waals surface area contributed by atoms with Crippen molar-refractivity contribution in [1.29, 1.82) is 0 Å². The topological polar surface area (TPSA) is 37.4 Å². The summed E-state index contributed by atoms with van der Waals surface area (Å²) < 4.78 is 11.3. The van der Waals surface area contributed by atoms with Crippen molar-refractivity contribution in [2.75, 3.05) is 6.54 Å². The first-order valence-corrected chi connectivity index (χ1v) is 4.03. The number of β-lactam (4-membered cyclic amide) rings is 1. The zero-order valence-electron chi connectivity index (χ0n) is 5.98. The minimum absolute atomic E-state index is 0.